The summed E-state index contributed by atoms with van der Waals surface area (Å²) in [5.41, 5.74) is 2.42. The van der Waals surface area contributed by atoms with Crippen LogP contribution in [0.4, 0.5) is 21.6 Å². The van der Waals surface area contributed by atoms with Crippen LogP contribution in [0.3, 0.4) is 0 Å². The minimum atomic E-state index is -0.295. The van der Waals surface area contributed by atoms with Gasteiger partial charge in [0.1, 0.15) is 11.6 Å². The molecule has 0 unspecified atom stereocenters. The molecule has 1 aromatic carbocycles. The third kappa shape index (κ3) is 3.08. The maximum atomic E-state index is 13.2. The fourth-order valence-corrected chi connectivity index (χ4v) is 3.75. The molecule has 0 amide bonds. The van der Waals surface area contributed by atoms with Crippen LogP contribution in [0.25, 0.3) is 0 Å². The Kier molecular flexibility index (Phi) is 4.34. The van der Waals surface area contributed by atoms with E-state index >= 15 is 0 Å². The average Bonchev–Trinajstić information content (AvgIpc) is 2.64. The van der Waals surface area contributed by atoms with Gasteiger partial charge in [-0.1, -0.05) is 12.1 Å². The van der Waals surface area contributed by atoms with Crippen LogP contribution >= 0.6 is 0 Å². The first-order chi connectivity index (χ1) is 11.8. The summed E-state index contributed by atoms with van der Waals surface area (Å²) in [4.78, 5) is 8.96. The van der Waals surface area contributed by atoms with Crippen LogP contribution < -0.4 is 15.1 Å². The molecule has 1 N–H and O–H groups in total. The van der Waals surface area contributed by atoms with E-state index in [0.717, 1.165) is 50.1 Å². The van der Waals surface area contributed by atoms with Gasteiger partial charge in [0.05, 0.1) is 17.6 Å². The van der Waals surface area contributed by atoms with E-state index in [4.69, 9.17) is 0 Å². The van der Waals surface area contributed by atoms with Crippen LogP contribution in [0, 0.1) is 11.7 Å². The zero-order chi connectivity index (χ0) is 16.4. The largest absolute Gasteiger partial charge is 0.368 e. The maximum Gasteiger partial charge on any atom is 0.141 e. The summed E-state index contributed by atoms with van der Waals surface area (Å²) in [5.74, 6) is 1.27. The Bertz CT molecular complexity index is 682. The first kappa shape index (κ1) is 15.4. The lowest BCUT2D eigenvalue weighted by Crippen LogP contribution is -2.43. The second kappa shape index (κ2) is 6.77. The predicted octanol–water partition coefficient (Wildman–Crippen LogP) is 3.18. The number of hydrogen-bond acceptors (Lipinski definition) is 4. The van der Waals surface area contributed by atoms with E-state index in [1.807, 2.05) is 0 Å². The highest BCUT2D eigenvalue weighted by atomic mass is 19.1. The number of rotatable bonds is 3. The Morgan fingerprint density at radius 3 is 2.58 bits per heavy atom. The number of aromatic nitrogens is 1. The minimum absolute atomic E-state index is 0.295. The summed E-state index contributed by atoms with van der Waals surface area (Å²) in [6.07, 6.45) is 3.79. The first-order valence-corrected chi connectivity index (χ1v) is 8.75. The lowest BCUT2D eigenvalue weighted by Gasteiger charge is -2.40. The quantitative estimate of drug-likeness (QED) is 0.939. The van der Waals surface area contributed by atoms with Gasteiger partial charge in [0.25, 0.3) is 0 Å². The second-order valence-electron chi connectivity index (χ2n) is 6.61. The van der Waals surface area contributed by atoms with E-state index in [-0.39, 0.29) is 5.82 Å². The fourth-order valence-electron chi connectivity index (χ4n) is 3.75. The van der Waals surface area contributed by atoms with Gasteiger partial charge < -0.3 is 15.1 Å². The van der Waals surface area contributed by atoms with Crippen molar-refractivity contribution in [3.63, 3.8) is 0 Å². The third-order valence-electron chi connectivity index (χ3n) is 5.03. The zero-order valence-corrected chi connectivity index (χ0v) is 13.8. The molecular formula is C19H23FN4. The molecule has 24 heavy (non-hydrogen) atoms. The molecule has 2 aliphatic heterocycles. The molecule has 0 aliphatic carbocycles. The number of para-hydroxylation sites is 2. The van der Waals surface area contributed by atoms with E-state index in [0.29, 0.717) is 0 Å². The zero-order valence-electron chi connectivity index (χ0n) is 13.8. The molecule has 0 bridgehead atoms. The van der Waals surface area contributed by atoms with Gasteiger partial charge >= 0.3 is 0 Å². The summed E-state index contributed by atoms with van der Waals surface area (Å²) in [6, 6.07) is 11.7. The molecule has 4 nitrogen and oxygen atoms in total. The fraction of sp³-hybridized carbons (Fsp3) is 0.421. The SMILES string of the molecule is Fc1ccc(N2CCN(CC3CCNCC3)c3ccccc32)nc1. The Balaban J connectivity index is 1.59. The molecule has 2 aliphatic rings. The molecule has 1 saturated heterocycles. The molecule has 126 valence electrons. The maximum absolute atomic E-state index is 13.2. The Labute approximate surface area is 142 Å². The second-order valence-corrected chi connectivity index (χ2v) is 6.61. The number of halogens is 1. The average molecular weight is 326 g/mol. The van der Waals surface area contributed by atoms with Gasteiger partial charge in [-0.2, -0.15) is 0 Å². The monoisotopic (exact) mass is 326 g/mol. The molecule has 3 heterocycles. The highest BCUT2D eigenvalue weighted by Crippen LogP contribution is 2.37. The third-order valence-corrected chi connectivity index (χ3v) is 5.03. The van der Waals surface area contributed by atoms with Crippen LogP contribution in [-0.2, 0) is 0 Å². The molecule has 2 aromatic rings. The minimum Gasteiger partial charge on any atom is -0.368 e. The van der Waals surface area contributed by atoms with E-state index in [1.165, 1.54) is 30.8 Å². The van der Waals surface area contributed by atoms with Gasteiger partial charge in [-0.3, -0.25) is 0 Å². The predicted molar refractivity (Wildman–Crippen MR) is 95.4 cm³/mol. The van der Waals surface area contributed by atoms with Crippen molar-refractivity contribution >= 4 is 17.2 Å². The Hall–Kier alpha value is -2.14. The number of anilines is 3. The van der Waals surface area contributed by atoms with E-state index in [9.17, 15) is 4.39 Å². The molecule has 0 atom stereocenters. The number of pyridine rings is 1. The van der Waals surface area contributed by atoms with Crippen LogP contribution in [0.2, 0.25) is 0 Å². The smallest absolute Gasteiger partial charge is 0.141 e. The van der Waals surface area contributed by atoms with Gasteiger partial charge in [-0.15, -0.1) is 0 Å². The van der Waals surface area contributed by atoms with Crippen molar-refractivity contribution in [2.45, 2.75) is 12.8 Å². The van der Waals surface area contributed by atoms with Crippen LogP contribution in [0.15, 0.2) is 42.6 Å². The molecule has 0 radical (unpaired) electrons. The van der Waals surface area contributed by atoms with Gasteiger partial charge in [0.15, 0.2) is 0 Å². The summed E-state index contributed by atoms with van der Waals surface area (Å²) in [7, 11) is 0. The molecule has 0 saturated carbocycles. The number of nitrogens with zero attached hydrogens (tertiary/aromatic N) is 3. The van der Waals surface area contributed by atoms with Crippen molar-refractivity contribution < 1.29 is 4.39 Å². The Morgan fingerprint density at radius 1 is 1.04 bits per heavy atom. The van der Waals surface area contributed by atoms with E-state index in [2.05, 4.69) is 44.4 Å². The molecular weight excluding hydrogens is 303 g/mol. The number of piperidine rings is 1. The summed E-state index contributed by atoms with van der Waals surface area (Å²) in [5, 5.41) is 3.44. The number of hydrogen-bond donors (Lipinski definition) is 1. The van der Waals surface area contributed by atoms with E-state index in [1.54, 1.807) is 6.07 Å². The number of benzene rings is 1. The van der Waals surface area contributed by atoms with Crippen molar-refractivity contribution in [1.82, 2.24) is 10.3 Å². The number of nitrogens with one attached hydrogen (secondary N) is 1. The lowest BCUT2D eigenvalue weighted by atomic mass is 9.96. The molecule has 4 rings (SSSR count). The normalized spacial score (nSPS) is 18.5. The van der Waals surface area contributed by atoms with Crippen molar-refractivity contribution in [3.05, 3.63) is 48.4 Å². The topological polar surface area (TPSA) is 31.4 Å². The van der Waals surface area contributed by atoms with E-state index < -0.39 is 0 Å². The molecule has 5 heteroatoms. The van der Waals surface area contributed by atoms with Crippen molar-refractivity contribution in [2.75, 3.05) is 42.5 Å². The summed E-state index contributed by atoms with van der Waals surface area (Å²) >= 11 is 0. The van der Waals surface area contributed by atoms with Gasteiger partial charge in [-0.25, -0.2) is 9.37 Å². The van der Waals surface area contributed by atoms with Crippen molar-refractivity contribution in [3.8, 4) is 0 Å². The molecule has 1 aromatic heterocycles. The van der Waals surface area contributed by atoms with Gasteiger partial charge in [0, 0.05) is 19.6 Å². The van der Waals surface area contributed by atoms with Gasteiger partial charge in [0.2, 0.25) is 0 Å². The number of fused-ring (bicyclic) bond motifs is 1. The van der Waals surface area contributed by atoms with Crippen LogP contribution in [0.1, 0.15) is 12.8 Å². The highest BCUT2D eigenvalue weighted by molar-refractivity contribution is 5.78. The Morgan fingerprint density at radius 2 is 1.83 bits per heavy atom. The van der Waals surface area contributed by atoms with Crippen LogP contribution in [0.5, 0.6) is 0 Å². The molecule has 1 fully saturated rings. The first-order valence-electron chi connectivity index (χ1n) is 8.75. The van der Waals surface area contributed by atoms with Crippen molar-refractivity contribution in [1.29, 1.82) is 0 Å². The van der Waals surface area contributed by atoms with Crippen molar-refractivity contribution in [2.24, 2.45) is 5.92 Å². The summed E-state index contributed by atoms with van der Waals surface area (Å²) < 4.78 is 13.2. The summed E-state index contributed by atoms with van der Waals surface area (Å²) in [6.45, 7) is 5.22. The molecule has 0 spiro atoms. The standard InChI is InChI=1S/C19H23FN4/c20-16-5-6-19(22-13-16)24-12-11-23(14-15-7-9-21-10-8-15)17-3-1-2-4-18(17)24/h1-6,13,15,21H,7-12,14H2. The lowest BCUT2D eigenvalue weighted by molar-refractivity contribution is 0.373. The van der Waals surface area contributed by atoms with Crippen LogP contribution in [-0.4, -0.2) is 37.7 Å². The van der Waals surface area contributed by atoms with Gasteiger partial charge in [-0.05, 0) is 56.1 Å². The highest BCUT2D eigenvalue weighted by Gasteiger charge is 2.26.